The van der Waals surface area contributed by atoms with Gasteiger partial charge in [0.25, 0.3) is 0 Å². The second kappa shape index (κ2) is 5.39. The Balaban J connectivity index is 1.65. The molecule has 116 valence electrons. The maximum atomic E-state index is 5.78. The van der Waals surface area contributed by atoms with E-state index in [9.17, 15) is 0 Å². The van der Waals surface area contributed by atoms with Crippen LogP contribution in [-0.4, -0.2) is 26.3 Å². The Morgan fingerprint density at radius 3 is 2.74 bits per heavy atom. The van der Waals surface area contributed by atoms with E-state index >= 15 is 0 Å². The molecule has 0 unspecified atom stereocenters. The van der Waals surface area contributed by atoms with E-state index in [1.165, 1.54) is 11.3 Å². The number of rotatable bonds is 2. The number of aryl methyl sites for hydroxylation is 1. The summed E-state index contributed by atoms with van der Waals surface area (Å²) in [6, 6.07) is 12.2. The van der Waals surface area contributed by atoms with Gasteiger partial charge in [-0.3, -0.25) is 0 Å². The first kappa shape index (κ1) is 13.8. The molecular weight excluding hydrogens is 288 g/mol. The smallest absolute Gasteiger partial charge is 0.222 e. The largest absolute Gasteiger partial charge is 0.368 e. The average molecular weight is 306 g/mol. The SMILES string of the molecule is Cc1cc(N2CCc3c(cnn3-c3ccccc3)C2)nc(N)n1. The minimum absolute atomic E-state index is 0.325. The van der Waals surface area contributed by atoms with Gasteiger partial charge in [-0.1, -0.05) is 18.2 Å². The Labute approximate surface area is 134 Å². The van der Waals surface area contributed by atoms with Crippen LogP contribution >= 0.6 is 0 Å². The van der Waals surface area contributed by atoms with E-state index in [-0.39, 0.29) is 0 Å². The predicted octanol–water partition coefficient (Wildman–Crippen LogP) is 2.12. The first-order valence-corrected chi connectivity index (χ1v) is 7.68. The van der Waals surface area contributed by atoms with Crippen molar-refractivity contribution in [1.29, 1.82) is 0 Å². The molecule has 0 fully saturated rings. The Bertz CT molecular complexity index is 819. The Morgan fingerprint density at radius 2 is 1.96 bits per heavy atom. The highest BCUT2D eigenvalue weighted by atomic mass is 15.3. The second-order valence-corrected chi connectivity index (χ2v) is 5.76. The summed E-state index contributed by atoms with van der Waals surface area (Å²) in [5, 5.41) is 4.56. The van der Waals surface area contributed by atoms with E-state index in [1.54, 1.807) is 0 Å². The van der Waals surface area contributed by atoms with E-state index in [0.717, 1.165) is 36.7 Å². The monoisotopic (exact) mass is 306 g/mol. The maximum absolute atomic E-state index is 5.78. The molecule has 23 heavy (non-hydrogen) atoms. The summed E-state index contributed by atoms with van der Waals surface area (Å²) in [6.07, 6.45) is 2.87. The average Bonchev–Trinajstić information content (AvgIpc) is 2.98. The molecule has 1 aliphatic rings. The van der Waals surface area contributed by atoms with Crippen molar-refractivity contribution in [3.8, 4) is 5.69 Å². The normalized spacial score (nSPS) is 13.9. The van der Waals surface area contributed by atoms with Gasteiger partial charge in [-0.25, -0.2) is 9.67 Å². The Kier molecular flexibility index (Phi) is 3.22. The molecule has 2 N–H and O–H groups in total. The number of anilines is 2. The lowest BCUT2D eigenvalue weighted by molar-refractivity contribution is 0.685. The summed E-state index contributed by atoms with van der Waals surface area (Å²) < 4.78 is 2.03. The van der Waals surface area contributed by atoms with E-state index < -0.39 is 0 Å². The van der Waals surface area contributed by atoms with Crippen LogP contribution in [0.25, 0.3) is 5.69 Å². The quantitative estimate of drug-likeness (QED) is 0.785. The fourth-order valence-electron chi connectivity index (χ4n) is 3.06. The fraction of sp³-hybridized carbons (Fsp3) is 0.235. The zero-order chi connectivity index (χ0) is 15.8. The third kappa shape index (κ3) is 2.52. The molecular formula is C17H18N6. The van der Waals surface area contributed by atoms with Gasteiger partial charge in [-0.05, 0) is 19.1 Å². The molecule has 6 nitrogen and oxygen atoms in total. The number of para-hydroxylation sites is 1. The standard InChI is InChI=1S/C17H18N6/c1-12-9-16(21-17(18)20-12)22-8-7-15-13(11-22)10-19-23(15)14-5-3-2-4-6-14/h2-6,9-10H,7-8,11H2,1H3,(H2,18,20,21). The third-order valence-electron chi connectivity index (χ3n) is 4.12. The van der Waals surface area contributed by atoms with Gasteiger partial charge in [0.15, 0.2) is 0 Å². The molecule has 1 aliphatic heterocycles. The zero-order valence-electron chi connectivity index (χ0n) is 13.0. The molecule has 0 atom stereocenters. The van der Waals surface area contributed by atoms with Crippen LogP contribution in [0.1, 0.15) is 17.0 Å². The van der Waals surface area contributed by atoms with Crippen molar-refractivity contribution in [2.24, 2.45) is 0 Å². The minimum Gasteiger partial charge on any atom is -0.368 e. The number of nitrogen functional groups attached to an aromatic ring is 1. The fourth-order valence-corrected chi connectivity index (χ4v) is 3.06. The second-order valence-electron chi connectivity index (χ2n) is 5.76. The van der Waals surface area contributed by atoms with Crippen molar-refractivity contribution in [3.63, 3.8) is 0 Å². The molecule has 1 aromatic carbocycles. The molecule has 0 radical (unpaired) electrons. The van der Waals surface area contributed by atoms with Gasteiger partial charge >= 0.3 is 0 Å². The summed E-state index contributed by atoms with van der Waals surface area (Å²) >= 11 is 0. The first-order chi connectivity index (χ1) is 11.2. The summed E-state index contributed by atoms with van der Waals surface area (Å²) in [5.41, 5.74) is 10.3. The molecule has 2 aromatic heterocycles. The van der Waals surface area contributed by atoms with Crippen LogP contribution in [0.2, 0.25) is 0 Å². The van der Waals surface area contributed by atoms with Gasteiger partial charge in [-0.15, -0.1) is 0 Å². The van der Waals surface area contributed by atoms with Crippen LogP contribution < -0.4 is 10.6 Å². The molecule has 6 heteroatoms. The van der Waals surface area contributed by atoms with Gasteiger partial charge in [0.2, 0.25) is 5.95 Å². The van der Waals surface area contributed by atoms with Crippen LogP contribution in [0.5, 0.6) is 0 Å². The highest BCUT2D eigenvalue weighted by Crippen LogP contribution is 2.25. The zero-order valence-corrected chi connectivity index (χ0v) is 13.0. The lowest BCUT2D eigenvalue weighted by Crippen LogP contribution is -2.31. The lowest BCUT2D eigenvalue weighted by atomic mass is 10.1. The van der Waals surface area contributed by atoms with Crippen molar-refractivity contribution in [1.82, 2.24) is 19.7 Å². The van der Waals surface area contributed by atoms with Crippen molar-refractivity contribution in [2.45, 2.75) is 19.9 Å². The molecule has 0 bridgehead atoms. The molecule has 0 amide bonds. The Hall–Kier alpha value is -2.89. The summed E-state index contributed by atoms with van der Waals surface area (Å²) in [6.45, 7) is 3.61. The van der Waals surface area contributed by atoms with Gasteiger partial charge in [0, 0.05) is 36.8 Å². The molecule has 0 saturated heterocycles. The Morgan fingerprint density at radius 1 is 1.13 bits per heavy atom. The first-order valence-electron chi connectivity index (χ1n) is 7.68. The summed E-state index contributed by atoms with van der Waals surface area (Å²) in [4.78, 5) is 10.7. The predicted molar refractivity (Wildman–Crippen MR) is 89.5 cm³/mol. The van der Waals surface area contributed by atoms with E-state index in [1.807, 2.05) is 42.1 Å². The summed E-state index contributed by atoms with van der Waals surface area (Å²) in [7, 11) is 0. The van der Waals surface area contributed by atoms with Gasteiger partial charge in [0.1, 0.15) is 5.82 Å². The molecule has 4 rings (SSSR count). The number of aromatic nitrogens is 4. The molecule has 3 aromatic rings. The van der Waals surface area contributed by atoms with Gasteiger partial charge < -0.3 is 10.6 Å². The van der Waals surface area contributed by atoms with Gasteiger partial charge in [0.05, 0.1) is 17.6 Å². The van der Waals surface area contributed by atoms with E-state index in [4.69, 9.17) is 5.73 Å². The number of benzene rings is 1. The van der Waals surface area contributed by atoms with E-state index in [0.29, 0.717) is 5.95 Å². The van der Waals surface area contributed by atoms with Crippen LogP contribution in [0.3, 0.4) is 0 Å². The van der Waals surface area contributed by atoms with Crippen LogP contribution in [-0.2, 0) is 13.0 Å². The molecule has 0 aliphatic carbocycles. The van der Waals surface area contributed by atoms with Crippen LogP contribution in [0, 0.1) is 6.92 Å². The van der Waals surface area contributed by atoms with E-state index in [2.05, 4.69) is 32.1 Å². The molecule has 0 spiro atoms. The van der Waals surface area contributed by atoms with Crippen LogP contribution in [0.4, 0.5) is 11.8 Å². The van der Waals surface area contributed by atoms with Crippen molar-refractivity contribution in [2.75, 3.05) is 17.2 Å². The van der Waals surface area contributed by atoms with Crippen molar-refractivity contribution in [3.05, 3.63) is 59.5 Å². The minimum atomic E-state index is 0.325. The number of nitrogens with zero attached hydrogens (tertiary/aromatic N) is 5. The maximum Gasteiger partial charge on any atom is 0.222 e. The van der Waals surface area contributed by atoms with Gasteiger partial charge in [-0.2, -0.15) is 10.1 Å². The highest BCUT2D eigenvalue weighted by molar-refractivity contribution is 5.47. The third-order valence-corrected chi connectivity index (χ3v) is 4.12. The van der Waals surface area contributed by atoms with Crippen LogP contribution in [0.15, 0.2) is 42.6 Å². The summed E-state index contributed by atoms with van der Waals surface area (Å²) in [5.74, 6) is 1.21. The number of hydrogen-bond donors (Lipinski definition) is 1. The number of hydrogen-bond acceptors (Lipinski definition) is 5. The van der Waals surface area contributed by atoms with Crippen molar-refractivity contribution < 1.29 is 0 Å². The highest BCUT2D eigenvalue weighted by Gasteiger charge is 2.22. The topological polar surface area (TPSA) is 72.9 Å². The molecule has 3 heterocycles. The van der Waals surface area contributed by atoms with Crippen molar-refractivity contribution >= 4 is 11.8 Å². The number of nitrogens with two attached hydrogens (primary N) is 1. The lowest BCUT2D eigenvalue weighted by Gasteiger charge is -2.28. The number of fused-ring (bicyclic) bond motifs is 1. The molecule has 0 saturated carbocycles.